The Morgan fingerprint density at radius 2 is 1.85 bits per heavy atom. The Bertz CT molecular complexity index is 1000. The van der Waals surface area contributed by atoms with Gasteiger partial charge in [0.1, 0.15) is 0 Å². The predicted octanol–water partition coefficient (Wildman–Crippen LogP) is 4.34. The molecule has 1 N–H and O–H groups in total. The molecule has 1 aromatic carbocycles. The number of sulfonamides is 1. The number of carbonyl (C=O) groups excluding carboxylic acids is 1. The lowest BCUT2D eigenvalue weighted by molar-refractivity contribution is 0.0930. The van der Waals surface area contributed by atoms with Crippen LogP contribution in [0.2, 0.25) is 0 Å². The summed E-state index contributed by atoms with van der Waals surface area (Å²) in [5.74, 6) is 0.293. The number of amides is 1. The quantitative estimate of drug-likeness (QED) is 0.599. The van der Waals surface area contributed by atoms with Crippen molar-refractivity contribution in [2.24, 2.45) is 5.92 Å². The van der Waals surface area contributed by atoms with Gasteiger partial charge in [-0.05, 0) is 73.9 Å². The molecule has 2 fully saturated rings. The highest BCUT2D eigenvalue weighted by molar-refractivity contribution is 7.89. The summed E-state index contributed by atoms with van der Waals surface area (Å²) in [6.07, 6.45) is 7.44. The summed E-state index contributed by atoms with van der Waals surface area (Å²) in [4.78, 5) is 16.8. The van der Waals surface area contributed by atoms with Crippen LogP contribution < -0.4 is 5.32 Å². The van der Waals surface area contributed by atoms with Crippen LogP contribution in [-0.4, -0.2) is 56.3 Å². The van der Waals surface area contributed by atoms with Crippen LogP contribution >= 0.6 is 11.3 Å². The van der Waals surface area contributed by atoms with Crippen molar-refractivity contribution in [3.8, 4) is 0 Å². The summed E-state index contributed by atoms with van der Waals surface area (Å²) in [5.41, 5.74) is 0.500. The molecule has 1 aliphatic heterocycles. The maximum Gasteiger partial charge on any atom is 0.251 e. The normalized spacial score (nSPS) is 20.7. The molecule has 6 nitrogen and oxygen atoms in total. The summed E-state index contributed by atoms with van der Waals surface area (Å²) < 4.78 is 27.5. The number of likely N-dealkylation sites (tertiary alicyclic amines) is 1. The molecule has 1 aliphatic carbocycles. The van der Waals surface area contributed by atoms with Gasteiger partial charge in [-0.15, -0.1) is 11.3 Å². The van der Waals surface area contributed by atoms with Gasteiger partial charge in [-0.2, -0.15) is 4.31 Å². The standard InChI is InChI=1S/C25H35N3O3S2/c1-27(22-8-3-2-4-9-22)33(30,31)24-13-11-21(12-14-24)25(29)26-17-20-7-5-15-28(18-20)19-23-10-6-16-32-23/h6,10-14,16,20,22H,2-5,7-9,15,17-19H2,1H3,(H,26,29). The Balaban J connectivity index is 1.30. The van der Waals surface area contributed by atoms with Crippen LogP contribution in [0, 0.1) is 5.92 Å². The zero-order valence-corrected chi connectivity index (χ0v) is 21.0. The molecule has 1 unspecified atom stereocenters. The molecule has 1 saturated carbocycles. The number of nitrogens with one attached hydrogen (secondary N) is 1. The molecule has 33 heavy (non-hydrogen) atoms. The number of nitrogens with zero attached hydrogens (tertiary/aromatic N) is 2. The van der Waals surface area contributed by atoms with E-state index in [-0.39, 0.29) is 16.8 Å². The second-order valence-corrected chi connectivity index (χ2v) is 12.4. The number of thiophene rings is 1. The molecule has 1 amide bonds. The Hall–Kier alpha value is -1.74. The molecular weight excluding hydrogens is 454 g/mol. The molecule has 4 rings (SSSR count). The van der Waals surface area contributed by atoms with E-state index in [2.05, 4.69) is 27.7 Å². The average Bonchev–Trinajstić information content (AvgIpc) is 3.36. The highest BCUT2D eigenvalue weighted by Gasteiger charge is 2.29. The van der Waals surface area contributed by atoms with E-state index in [4.69, 9.17) is 0 Å². The highest BCUT2D eigenvalue weighted by Crippen LogP contribution is 2.26. The number of hydrogen-bond acceptors (Lipinski definition) is 5. The minimum Gasteiger partial charge on any atom is -0.352 e. The van der Waals surface area contributed by atoms with Crippen LogP contribution in [-0.2, 0) is 16.6 Å². The number of carbonyl (C=O) groups is 1. The summed E-state index contributed by atoms with van der Waals surface area (Å²) in [5, 5.41) is 5.17. The van der Waals surface area contributed by atoms with Gasteiger partial charge in [0.05, 0.1) is 4.90 Å². The molecule has 1 atom stereocenters. The first-order valence-electron chi connectivity index (χ1n) is 12.0. The van der Waals surface area contributed by atoms with Gasteiger partial charge in [0.15, 0.2) is 0 Å². The SMILES string of the molecule is CN(C1CCCCC1)S(=O)(=O)c1ccc(C(=O)NCC2CCCN(Cc3cccs3)C2)cc1. The first kappa shape index (κ1) is 24.4. The molecular formula is C25H35N3O3S2. The van der Waals surface area contributed by atoms with E-state index in [0.717, 1.165) is 58.2 Å². The molecule has 2 heterocycles. The van der Waals surface area contributed by atoms with E-state index in [0.29, 0.717) is 18.0 Å². The Labute approximate surface area is 202 Å². The highest BCUT2D eigenvalue weighted by atomic mass is 32.2. The van der Waals surface area contributed by atoms with Gasteiger partial charge in [-0.3, -0.25) is 9.69 Å². The van der Waals surface area contributed by atoms with Gasteiger partial charge in [0.25, 0.3) is 5.91 Å². The first-order chi connectivity index (χ1) is 15.9. The van der Waals surface area contributed by atoms with Crippen LogP contribution in [0.5, 0.6) is 0 Å². The molecule has 1 aromatic heterocycles. The number of rotatable bonds is 8. The lowest BCUT2D eigenvalue weighted by Crippen LogP contribution is -2.40. The summed E-state index contributed by atoms with van der Waals surface area (Å²) >= 11 is 1.79. The minimum absolute atomic E-state index is 0.0709. The summed E-state index contributed by atoms with van der Waals surface area (Å²) in [6.45, 7) is 3.72. The van der Waals surface area contributed by atoms with Crippen LogP contribution in [0.4, 0.5) is 0 Å². The van der Waals surface area contributed by atoms with E-state index < -0.39 is 10.0 Å². The van der Waals surface area contributed by atoms with E-state index in [1.54, 1.807) is 42.6 Å². The Morgan fingerprint density at radius 3 is 2.55 bits per heavy atom. The van der Waals surface area contributed by atoms with Crippen molar-refractivity contribution in [3.63, 3.8) is 0 Å². The third kappa shape index (κ3) is 6.23. The third-order valence-corrected chi connectivity index (χ3v) is 9.78. The Morgan fingerprint density at radius 1 is 1.09 bits per heavy atom. The number of piperidine rings is 1. The molecule has 2 aromatic rings. The van der Waals surface area contributed by atoms with E-state index in [1.165, 1.54) is 15.6 Å². The third-order valence-electron chi connectivity index (χ3n) is 7.00. The topological polar surface area (TPSA) is 69.7 Å². The zero-order valence-electron chi connectivity index (χ0n) is 19.4. The predicted molar refractivity (Wildman–Crippen MR) is 133 cm³/mol. The van der Waals surface area contributed by atoms with Gasteiger partial charge >= 0.3 is 0 Å². The van der Waals surface area contributed by atoms with Gasteiger partial charge in [-0.25, -0.2) is 8.42 Å². The number of hydrogen-bond donors (Lipinski definition) is 1. The van der Waals surface area contributed by atoms with Gasteiger partial charge in [0.2, 0.25) is 10.0 Å². The molecule has 0 bridgehead atoms. The second-order valence-electron chi connectivity index (χ2n) is 9.37. The fraction of sp³-hybridized carbons (Fsp3) is 0.560. The smallest absolute Gasteiger partial charge is 0.251 e. The number of benzene rings is 1. The maximum atomic E-state index is 13.0. The van der Waals surface area contributed by atoms with Gasteiger partial charge in [0, 0.05) is 43.2 Å². The molecule has 1 saturated heterocycles. The Kier molecular flexibility index (Phi) is 8.22. The second kappa shape index (κ2) is 11.1. The molecule has 8 heteroatoms. The van der Waals surface area contributed by atoms with Crippen LogP contribution in [0.1, 0.15) is 60.2 Å². The fourth-order valence-electron chi connectivity index (χ4n) is 5.01. The average molecular weight is 490 g/mol. The minimum atomic E-state index is -3.54. The monoisotopic (exact) mass is 489 g/mol. The van der Waals surface area contributed by atoms with Crippen molar-refractivity contribution >= 4 is 27.3 Å². The van der Waals surface area contributed by atoms with Gasteiger partial charge < -0.3 is 5.32 Å². The zero-order chi connectivity index (χ0) is 23.3. The van der Waals surface area contributed by atoms with Crippen molar-refractivity contribution < 1.29 is 13.2 Å². The summed E-state index contributed by atoms with van der Waals surface area (Å²) in [7, 11) is -1.86. The van der Waals surface area contributed by atoms with E-state index in [1.807, 2.05) is 0 Å². The van der Waals surface area contributed by atoms with Crippen LogP contribution in [0.15, 0.2) is 46.7 Å². The lowest BCUT2D eigenvalue weighted by Gasteiger charge is -2.32. The molecule has 0 radical (unpaired) electrons. The van der Waals surface area contributed by atoms with Crippen molar-refractivity contribution in [1.29, 1.82) is 0 Å². The first-order valence-corrected chi connectivity index (χ1v) is 14.4. The van der Waals surface area contributed by atoms with Crippen LogP contribution in [0.3, 0.4) is 0 Å². The van der Waals surface area contributed by atoms with E-state index in [9.17, 15) is 13.2 Å². The van der Waals surface area contributed by atoms with Gasteiger partial charge in [-0.1, -0.05) is 25.3 Å². The lowest BCUT2D eigenvalue weighted by atomic mass is 9.96. The van der Waals surface area contributed by atoms with E-state index >= 15 is 0 Å². The molecule has 2 aliphatic rings. The van der Waals surface area contributed by atoms with Crippen LogP contribution in [0.25, 0.3) is 0 Å². The van der Waals surface area contributed by atoms with Crippen molar-refractivity contribution in [2.75, 3.05) is 26.7 Å². The molecule has 180 valence electrons. The van der Waals surface area contributed by atoms with Crippen molar-refractivity contribution in [3.05, 3.63) is 52.2 Å². The summed E-state index contributed by atoms with van der Waals surface area (Å²) in [6, 6.07) is 10.7. The molecule has 0 spiro atoms. The maximum absolute atomic E-state index is 13.0. The van der Waals surface area contributed by atoms with Crippen molar-refractivity contribution in [2.45, 2.75) is 62.4 Å². The largest absolute Gasteiger partial charge is 0.352 e. The van der Waals surface area contributed by atoms with Crippen molar-refractivity contribution in [1.82, 2.24) is 14.5 Å². The fourth-order valence-corrected chi connectivity index (χ4v) is 7.17.